The van der Waals surface area contributed by atoms with Crippen LogP contribution in [0.1, 0.15) is 37.5 Å². The maximum Gasteiger partial charge on any atom is 0.239 e. The molecule has 2 N–H and O–H groups in total. The number of rotatable bonds is 6. The molecule has 5 heteroatoms. The minimum Gasteiger partial charge on any atom is -0.351 e. The van der Waals surface area contributed by atoms with Gasteiger partial charge >= 0.3 is 0 Å². The number of aryl methyl sites for hydroxylation is 2. The Bertz CT molecular complexity index is 755. The summed E-state index contributed by atoms with van der Waals surface area (Å²) in [7, 11) is 0. The molecule has 2 amide bonds. The molecule has 0 bridgehead atoms. The van der Waals surface area contributed by atoms with Crippen molar-refractivity contribution in [1.29, 1.82) is 0 Å². The fourth-order valence-corrected chi connectivity index (χ4v) is 2.48. The van der Waals surface area contributed by atoms with Crippen molar-refractivity contribution in [1.82, 2.24) is 10.3 Å². The van der Waals surface area contributed by atoms with Gasteiger partial charge in [0.2, 0.25) is 11.8 Å². The molecular formula is C20H25N3O2. The van der Waals surface area contributed by atoms with E-state index in [1.807, 2.05) is 44.2 Å². The molecule has 0 fully saturated rings. The molecule has 1 heterocycles. The van der Waals surface area contributed by atoms with Gasteiger partial charge in [-0.05, 0) is 56.0 Å². The molecule has 0 unspecified atom stereocenters. The molecule has 1 aromatic heterocycles. The first kappa shape index (κ1) is 18.6. The molecule has 1 aromatic carbocycles. The molecule has 0 aliphatic rings. The number of anilines is 1. The summed E-state index contributed by atoms with van der Waals surface area (Å²) >= 11 is 0. The summed E-state index contributed by atoms with van der Waals surface area (Å²) in [5.41, 5.74) is 2.60. The summed E-state index contributed by atoms with van der Waals surface area (Å²) in [6, 6.07) is 9.56. The van der Waals surface area contributed by atoms with E-state index in [-0.39, 0.29) is 11.8 Å². The first-order chi connectivity index (χ1) is 11.9. The van der Waals surface area contributed by atoms with E-state index < -0.39 is 5.41 Å². The van der Waals surface area contributed by atoms with Crippen molar-refractivity contribution in [3.05, 3.63) is 59.4 Å². The monoisotopic (exact) mass is 339 g/mol. The Balaban J connectivity index is 2.08. The van der Waals surface area contributed by atoms with Crippen molar-refractivity contribution in [3.63, 3.8) is 0 Å². The van der Waals surface area contributed by atoms with Gasteiger partial charge < -0.3 is 10.6 Å². The Labute approximate surface area is 148 Å². The van der Waals surface area contributed by atoms with Crippen molar-refractivity contribution < 1.29 is 9.59 Å². The van der Waals surface area contributed by atoms with Gasteiger partial charge in [-0.15, -0.1) is 0 Å². The first-order valence-corrected chi connectivity index (χ1v) is 8.43. The molecule has 132 valence electrons. The van der Waals surface area contributed by atoms with Crippen LogP contribution in [0.25, 0.3) is 0 Å². The van der Waals surface area contributed by atoms with Crippen molar-refractivity contribution >= 4 is 17.5 Å². The zero-order valence-electron chi connectivity index (χ0n) is 15.2. The number of hydrogen-bond acceptors (Lipinski definition) is 3. The molecule has 0 atom stereocenters. The summed E-state index contributed by atoms with van der Waals surface area (Å²) < 4.78 is 0. The van der Waals surface area contributed by atoms with E-state index in [1.54, 1.807) is 26.2 Å². The van der Waals surface area contributed by atoms with Crippen LogP contribution in [-0.2, 0) is 22.6 Å². The number of aromatic nitrogens is 1. The third-order valence-electron chi connectivity index (χ3n) is 4.32. The lowest BCUT2D eigenvalue weighted by atomic mass is 9.90. The highest BCUT2D eigenvalue weighted by Crippen LogP contribution is 2.25. The molecule has 0 spiro atoms. The Morgan fingerprint density at radius 1 is 1.08 bits per heavy atom. The summed E-state index contributed by atoms with van der Waals surface area (Å²) in [6.07, 6.45) is 4.15. The van der Waals surface area contributed by atoms with Crippen LogP contribution >= 0.6 is 0 Å². The van der Waals surface area contributed by atoms with E-state index in [4.69, 9.17) is 0 Å². The van der Waals surface area contributed by atoms with E-state index >= 15 is 0 Å². The van der Waals surface area contributed by atoms with Gasteiger partial charge in [0.05, 0.1) is 0 Å². The highest BCUT2D eigenvalue weighted by Gasteiger charge is 2.36. The number of carbonyl (C=O) groups excluding carboxylic acids is 2. The van der Waals surface area contributed by atoms with Crippen molar-refractivity contribution in [2.75, 3.05) is 5.32 Å². The van der Waals surface area contributed by atoms with Crippen LogP contribution in [-0.4, -0.2) is 16.8 Å². The standard InChI is InChI=1S/C20H25N3O2/c1-5-16-8-6-7-14(2)17(16)23-19(25)20(3,4)18(24)22-13-15-9-11-21-12-10-15/h6-12H,5,13H2,1-4H3,(H,22,24)(H,23,25). The zero-order chi connectivity index (χ0) is 18.4. The smallest absolute Gasteiger partial charge is 0.239 e. The van der Waals surface area contributed by atoms with E-state index in [1.165, 1.54) is 0 Å². The average Bonchev–Trinajstić information content (AvgIpc) is 2.61. The van der Waals surface area contributed by atoms with Gasteiger partial charge in [0, 0.05) is 24.6 Å². The Kier molecular flexibility index (Phi) is 5.91. The van der Waals surface area contributed by atoms with E-state index in [0.29, 0.717) is 6.54 Å². The van der Waals surface area contributed by atoms with E-state index in [0.717, 1.165) is 28.8 Å². The normalized spacial score (nSPS) is 11.0. The number of nitrogens with zero attached hydrogens (tertiary/aromatic N) is 1. The number of amides is 2. The molecule has 0 saturated carbocycles. The van der Waals surface area contributed by atoms with E-state index in [2.05, 4.69) is 15.6 Å². The molecule has 0 aliphatic carbocycles. The second kappa shape index (κ2) is 7.92. The van der Waals surface area contributed by atoms with Gasteiger partial charge in [-0.2, -0.15) is 0 Å². The van der Waals surface area contributed by atoms with Crippen LogP contribution in [0.4, 0.5) is 5.69 Å². The minimum atomic E-state index is -1.18. The Morgan fingerprint density at radius 2 is 1.76 bits per heavy atom. The molecule has 2 rings (SSSR count). The highest BCUT2D eigenvalue weighted by molar-refractivity contribution is 6.10. The minimum absolute atomic E-state index is 0.312. The number of pyridine rings is 1. The van der Waals surface area contributed by atoms with Gasteiger partial charge in [-0.3, -0.25) is 14.6 Å². The van der Waals surface area contributed by atoms with Crippen molar-refractivity contribution in [2.45, 2.75) is 40.7 Å². The summed E-state index contributed by atoms with van der Waals surface area (Å²) in [5.74, 6) is -0.628. The molecule has 25 heavy (non-hydrogen) atoms. The lowest BCUT2D eigenvalue weighted by Crippen LogP contribution is -2.45. The number of hydrogen-bond donors (Lipinski definition) is 2. The third-order valence-corrected chi connectivity index (χ3v) is 4.32. The highest BCUT2D eigenvalue weighted by atomic mass is 16.2. The summed E-state index contributed by atoms with van der Waals surface area (Å²) in [6.45, 7) is 7.62. The fourth-order valence-electron chi connectivity index (χ4n) is 2.48. The SMILES string of the molecule is CCc1cccc(C)c1NC(=O)C(C)(C)C(=O)NCc1ccncc1. The average molecular weight is 339 g/mol. The topological polar surface area (TPSA) is 71.1 Å². The Morgan fingerprint density at radius 3 is 2.40 bits per heavy atom. The van der Waals surface area contributed by atoms with Gasteiger partial charge in [-0.1, -0.05) is 25.1 Å². The van der Waals surface area contributed by atoms with Crippen LogP contribution in [0.15, 0.2) is 42.7 Å². The molecular weight excluding hydrogens is 314 g/mol. The second-order valence-corrected chi connectivity index (χ2v) is 6.58. The van der Waals surface area contributed by atoms with Gasteiger partial charge in [-0.25, -0.2) is 0 Å². The summed E-state index contributed by atoms with van der Waals surface area (Å²) in [5, 5.41) is 5.76. The van der Waals surface area contributed by atoms with Crippen LogP contribution in [0.5, 0.6) is 0 Å². The second-order valence-electron chi connectivity index (χ2n) is 6.58. The predicted molar refractivity (Wildman–Crippen MR) is 99.1 cm³/mol. The lowest BCUT2D eigenvalue weighted by Gasteiger charge is -2.24. The molecule has 0 aliphatic heterocycles. The van der Waals surface area contributed by atoms with Crippen LogP contribution in [0, 0.1) is 12.3 Å². The molecule has 5 nitrogen and oxygen atoms in total. The van der Waals surface area contributed by atoms with Crippen LogP contribution < -0.4 is 10.6 Å². The quantitative estimate of drug-likeness (QED) is 0.794. The number of carbonyl (C=O) groups is 2. The van der Waals surface area contributed by atoms with Crippen LogP contribution in [0.2, 0.25) is 0 Å². The molecule has 2 aromatic rings. The number of benzene rings is 1. The number of para-hydroxylation sites is 1. The fraction of sp³-hybridized carbons (Fsp3) is 0.350. The Hall–Kier alpha value is -2.69. The summed E-state index contributed by atoms with van der Waals surface area (Å²) in [4.78, 5) is 29.2. The lowest BCUT2D eigenvalue weighted by molar-refractivity contribution is -0.138. The van der Waals surface area contributed by atoms with Crippen molar-refractivity contribution in [2.24, 2.45) is 5.41 Å². The molecule has 0 saturated heterocycles. The van der Waals surface area contributed by atoms with Gasteiger partial charge in [0.25, 0.3) is 0 Å². The van der Waals surface area contributed by atoms with Gasteiger partial charge in [0.1, 0.15) is 5.41 Å². The van der Waals surface area contributed by atoms with E-state index in [9.17, 15) is 9.59 Å². The first-order valence-electron chi connectivity index (χ1n) is 8.43. The maximum atomic E-state index is 12.7. The molecule has 0 radical (unpaired) electrons. The largest absolute Gasteiger partial charge is 0.351 e. The predicted octanol–water partition coefficient (Wildman–Crippen LogP) is 3.23. The maximum absolute atomic E-state index is 12.7. The number of nitrogens with one attached hydrogen (secondary N) is 2. The zero-order valence-corrected chi connectivity index (χ0v) is 15.2. The van der Waals surface area contributed by atoms with Crippen LogP contribution in [0.3, 0.4) is 0 Å². The van der Waals surface area contributed by atoms with Gasteiger partial charge in [0.15, 0.2) is 0 Å². The van der Waals surface area contributed by atoms with Crippen molar-refractivity contribution in [3.8, 4) is 0 Å². The third kappa shape index (κ3) is 4.44.